The highest BCUT2D eigenvalue weighted by Crippen LogP contribution is 2.64. The maximum Gasteiger partial charge on any atom is 0.472 e. The summed E-state index contributed by atoms with van der Waals surface area (Å²) in [5.74, 6) is -57.7. The molecule has 53 heavy (non-hydrogen) atoms. The van der Waals surface area contributed by atoms with Gasteiger partial charge in [-0.1, -0.05) is 51.9 Å². The SMILES string of the molecule is CCCCCCCCCC(CCC(F)(F)C(F)(F)C(F)(F)C(F)(F)C(F)(F)C(F)(F)C(F)(F)C(F)(F)F)OP(=O)(O)OC[C@H]1O[C@H](O)[C@H](O)[C@@H](O)[C@@H]1O. The average molecular weight is 847 g/mol. The Morgan fingerprint density at radius 2 is 1.04 bits per heavy atom. The van der Waals surface area contributed by atoms with E-state index in [2.05, 4.69) is 13.8 Å². The van der Waals surface area contributed by atoms with Gasteiger partial charge in [0, 0.05) is 6.42 Å². The second-order valence-corrected chi connectivity index (χ2v) is 13.5. The third-order valence-electron chi connectivity index (χ3n) is 8.07. The van der Waals surface area contributed by atoms with E-state index in [1.165, 1.54) is 0 Å². The highest BCUT2D eigenvalue weighted by Gasteiger charge is 2.95. The first-order valence-corrected chi connectivity index (χ1v) is 16.9. The van der Waals surface area contributed by atoms with Crippen LogP contribution < -0.4 is 0 Å². The number of rotatable bonds is 22. The highest BCUT2D eigenvalue weighted by molar-refractivity contribution is 7.47. The summed E-state index contributed by atoms with van der Waals surface area (Å²) < 4.78 is 258. The van der Waals surface area contributed by atoms with Crippen molar-refractivity contribution in [2.24, 2.45) is 0 Å². The molecule has 1 saturated heterocycles. The zero-order valence-corrected chi connectivity index (χ0v) is 27.9. The molecule has 0 spiro atoms. The highest BCUT2D eigenvalue weighted by atomic mass is 31.2. The van der Waals surface area contributed by atoms with Gasteiger partial charge in [-0.3, -0.25) is 9.05 Å². The summed E-state index contributed by atoms with van der Waals surface area (Å²) in [6.07, 6.45) is -23.0. The third kappa shape index (κ3) is 10.4. The molecule has 9 nitrogen and oxygen atoms in total. The van der Waals surface area contributed by atoms with Crippen LogP contribution in [-0.4, -0.2) is 116 Å². The number of aliphatic hydroxyl groups excluding tert-OH is 4. The number of aliphatic hydroxyl groups is 4. The van der Waals surface area contributed by atoms with Crippen molar-refractivity contribution < 1.29 is 118 Å². The van der Waals surface area contributed by atoms with E-state index in [0.717, 1.165) is 12.8 Å². The summed E-state index contributed by atoms with van der Waals surface area (Å²) in [6, 6.07) is 0. The lowest BCUT2D eigenvalue weighted by molar-refractivity contribution is -0.461. The molecule has 0 amide bonds. The van der Waals surface area contributed by atoms with Gasteiger partial charge in [0.2, 0.25) is 0 Å². The molecule has 0 aliphatic carbocycles. The van der Waals surface area contributed by atoms with Gasteiger partial charge in [-0.25, -0.2) is 4.57 Å². The summed E-state index contributed by atoms with van der Waals surface area (Å²) in [7, 11) is -5.68. The van der Waals surface area contributed by atoms with E-state index in [1.807, 2.05) is 6.92 Å². The van der Waals surface area contributed by atoms with Gasteiger partial charge >= 0.3 is 55.5 Å². The Balaban J connectivity index is 3.31. The standard InChI is InChI=1S/C26H36F17O9P/c1-2-3-4-5-6-7-8-9-13(52-53(48,49)50-12-14-15(44)16(45)17(46)18(47)51-14)10-11-19(27,28)20(29,30)21(31,32)22(33,34)23(35,36)24(37,38)25(39,40)26(41,42)43/h13-18,44-47H,2-12H2,1H3,(H,48,49)/t13?,14-,15-,16+,17-,18+/m1/s1. The fourth-order valence-electron chi connectivity index (χ4n) is 4.73. The van der Waals surface area contributed by atoms with Crippen LogP contribution in [0.4, 0.5) is 74.6 Å². The van der Waals surface area contributed by atoms with E-state index in [9.17, 15) is 105 Å². The van der Waals surface area contributed by atoms with Gasteiger partial charge in [-0.05, 0) is 12.8 Å². The molecule has 7 atom stereocenters. The molecule has 318 valence electrons. The smallest absolute Gasteiger partial charge is 0.387 e. The molecule has 27 heteroatoms. The molecule has 0 aromatic rings. The lowest BCUT2D eigenvalue weighted by Crippen LogP contribution is -2.74. The molecule has 1 aliphatic rings. The molecule has 1 rings (SSSR count). The predicted octanol–water partition coefficient (Wildman–Crippen LogP) is 7.22. The van der Waals surface area contributed by atoms with E-state index in [-0.39, 0.29) is 12.8 Å². The molecular formula is C26H36F17O9P. The van der Waals surface area contributed by atoms with Crippen LogP contribution in [0, 0.1) is 0 Å². The van der Waals surface area contributed by atoms with Crippen molar-refractivity contribution >= 4 is 7.82 Å². The number of hydrogen-bond donors (Lipinski definition) is 5. The predicted molar refractivity (Wildman–Crippen MR) is 142 cm³/mol. The summed E-state index contributed by atoms with van der Waals surface area (Å²) in [4.78, 5) is 10.0. The van der Waals surface area contributed by atoms with Crippen LogP contribution in [0.2, 0.25) is 0 Å². The lowest BCUT2D eigenvalue weighted by atomic mass is 9.87. The van der Waals surface area contributed by atoms with Crippen molar-refractivity contribution in [1.82, 2.24) is 0 Å². The first-order valence-electron chi connectivity index (χ1n) is 15.4. The van der Waals surface area contributed by atoms with Crippen molar-refractivity contribution in [3.63, 3.8) is 0 Å². The fraction of sp³-hybridized carbons (Fsp3) is 1.00. The lowest BCUT2D eigenvalue weighted by Gasteiger charge is -2.43. The molecular weight excluding hydrogens is 810 g/mol. The van der Waals surface area contributed by atoms with Crippen molar-refractivity contribution in [3.05, 3.63) is 0 Å². The Morgan fingerprint density at radius 1 is 0.604 bits per heavy atom. The van der Waals surface area contributed by atoms with Gasteiger partial charge in [0.25, 0.3) is 0 Å². The van der Waals surface area contributed by atoms with Crippen LogP contribution in [0.5, 0.6) is 0 Å². The molecule has 0 aromatic heterocycles. The molecule has 0 aromatic carbocycles. The van der Waals surface area contributed by atoms with E-state index >= 15 is 0 Å². The molecule has 1 fully saturated rings. The average Bonchev–Trinajstić information content (AvgIpc) is 3.01. The zero-order chi connectivity index (χ0) is 41.9. The minimum Gasteiger partial charge on any atom is -0.387 e. The molecule has 5 N–H and O–H groups in total. The third-order valence-corrected chi connectivity index (χ3v) is 9.11. The largest absolute Gasteiger partial charge is 0.472 e. The summed E-state index contributed by atoms with van der Waals surface area (Å²) >= 11 is 0. The van der Waals surface area contributed by atoms with Crippen molar-refractivity contribution in [3.8, 4) is 0 Å². The second kappa shape index (κ2) is 17.5. The van der Waals surface area contributed by atoms with Gasteiger partial charge in [0.05, 0.1) is 12.7 Å². The molecule has 1 heterocycles. The Labute approximate surface area is 289 Å². The van der Waals surface area contributed by atoms with E-state index in [4.69, 9.17) is 0 Å². The topological polar surface area (TPSA) is 146 Å². The molecule has 2 unspecified atom stereocenters. The van der Waals surface area contributed by atoms with Gasteiger partial charge in [0.1, 0.15) is 24.4 Å². The number of alkyl halides is 17. The Hall–Kier alpha value is -1.28. The first-order chi connectivity index (χ1) is 23.6. The van der Waals surface area contributed by atoms with Crippen molar-refractivity contribution in [2.45, 2.75) is 156 Å². The van der Waals surface area contributed by atoms with Crippen molar-refractivity contribution in [1.29, 1.82) is 0 Å². The summed E-state index contributed by atoms with van der Waals surface area (Å²) in [5, 5.41) is 38.5. The maximum absolute atomic E-state index is 14.6. The molecule has 0 saturated carbocycles. The normalized spacial score (nSPS) is 25.0. The zero-order valence-electron chi connectivity index (χ0n) is 27.0. The summed E-state index contributed by atoms with van der Waals surface area (Å²) in [6.45, 7) is 0.539. The van der Waals surface area contributed by atoms with E-state index in [0.29, 0.717) is 19.3 Å². The number of unbranched alkanes of at least 4 members (excludes halogenated alkanes) is 6. The number of halogens is 17. The van der Waals surface area contributed by atoms with Gasteiger partial charge < -0.3 is 30.1 Å². The van der Waals surface area contributed by atoms with E-state index in [1.54, 1.807) is 0 Å². The Bertz CT molecular complexity index is 1210. The van der Waals surface area contributed by atoms with Gasteiger partial charge in [-0.2, -0.15) is 74.6 Å². The van der Waals surface area contributed by atoms with Crippen LogP contribution >= 0.6 is 7.82 Å². The number of ether oxygens (including phenoxy) is 1. The van der Waals surface area contributed by atoms with Gasteiger partial charge in [0.15, 0.2) is 6.29 Å². The maximum atomic E-state index is 14.6. The minimum absolute atomic E-state index is 0.156. The number of phosphoric acid groups is 1. The van der Waals surface area contributed by atoms with E-state index < -0.39 is 118 Å². The number of hydrogen-bond acceptors (Lipinski definition) is 8. The molecule has 0 bridgehead atoms. The van der Waals surface area contributed by atoms with Crippen LogP contribution in [0.1, 0.15) is 71.1 Å². The first kappa shape index (κ1) is 49.7. The Kier molecular flexibility index (Phi) is 16.4. The molecule has 0 radical (unpaired) electrons. The van der Waals surface area contributed by atoms with Crippen molar-refractivity contribution in [2.75, 3.05) is 6.61 Å². The second-order valence-electron chi connectivity index (χ2n) is 12.1. The van der Waals surface area contributed by atoms with Crippen LogP contribution in [-0.2, 0) is 18.3 Å². The van der Waals surface area contributed by atoms with Gasteiger partial charge in [-0.15, -0.1) is 0 Å². The minimum atomic E-state index is -8.79. The fourth-order valence-corrected chi connectivity index (χ4v) is 5.71. The van der Waals surface area contributed by atoms with Crippen LogP contribution in [0.15, 0.2) is 0 Å². The van der Waals surface area contributed by atoms with Crippen LogP contribution in [0.3, 0.4) is 0 Å². The summed E-state index contributed by atoms with van der Waals surface area (Å²) in [5.41, 5.74) is 0. The number of phosphoric ester groups is 1. The monoisotopic (exact) mass is 846 g/mol. The Morgan fingerprint density at radius 3 is 1.51 bits per heavy atom. The van der Waals surface area contributed by atoms with Crippen LogP contribution in [0.25, 0.3) is 0 Å². The molecule has 1 aliphatic heterocycles. The quantitative estimate of drug-likeness (QED) is 0.0434.